The minimum atomic E-state index is -0.800. The molecule has 1 heterocycles. The van der Waals surface area contributed by atoms with Gasteiger partial charge in [-0.3, -0.25) is 9.59 Å². The SMILES string of the molecule is CC1C(C(=O)O)CCN1C(=O)CCNC(C)(C)C. The van der Waals surface area contributed by atoms with E-state index in [1.165, 1.54) is 0 Å². The molecule has 1 fully saturated rings. The van der Waals surface area contributed by atoms with Crippen LogP contribution in [-0.4, -0.2) is 46.6 Å². The highest BCUT2D eigenvalue weighted by molar-refractivity contribution is 5.79. The zero-order valence-corrected chi connectivity index (χ0v) is 11.7. The number of hydrogen-bond donors (Lipinski definition) is 2. The summed E-state index contributed by atoms with van der Waals surface area (Å²) in [5, 5.41) is 12.3. The predicted molar refractivity (Wildman–Crippen MR) is 69.3 cm³/mol. The van der Waals surface area contributed by atoms with Gasteiger partial charge in [0.15, 0.2) is 0 Å². The molecule has 2 N–H and O–H groups in total. The summed E-state index contributed by atoms with van der Waals surface area (Å²) in [5.74, 6) is -1.17. The number of carboxylic acids is 1. The van der Waals surface area contributed by atoms with E-state index in [2.05, 4.69) is 26.1 Å². The lowest BCUT2D eigenvalue weighted by Gasteiger charge is -2.25. The maximum atomic E-state index is 12.0. The van der Waals surface area contributed by atoms with Gasteiger partial charge in [-0.05, 0) is 34.1 Å². The Kier molecular flexibility index (Phi) is 4.73. The van der Waals surface area contributed by atoms with Crippen molar-refractivity contribution in [3.63, 3.8) is 0 Å². The first-order valence-corrected chi connectivity index (χ1v) is 6.49. The first kappa shape index (κ1) is 15.0. The van der Waals surface area contributed by atoms with Gasteiger partial charge in [-0.25, -0.2) is 0 Å². The number of aliphatic carboxylic acids is 1. The smallest absolute Gasteiger partial charge is 0.308 e. The van der Waals surface area contributed by atoms with Crippen LogP contribution in [-0.2, 0) is 9.59 Å². The van der Waals surface area contributed by atoms with Gasteiger partial charge in [-0.15, -0.1) is 0 Å². The van der Waals surface area contributed by atoms with Crippen molar-refractivity contribution >= 4 is 11.9 Å². The Labute approximate surface area is 109 Å². The van der Waals surface area contributed by atoms with Crippen LogP contribution in [0.15, 0.2) is 0 Å². The van der Waals surface area contributed by atoms with Crippen LogP contribution < -0.4 is 5.32 Å². The van der Waals surface area contributed by atoms with Crippen molar-refractivity contribution in [1.29, 1.82) is 0 Å². The van der Waals surface area contributed by atoms with Gasteiger partial charge in [0, 0.05) is 31.1 Å². The molecule has 0 aliphatic carbocycles. The molecule has 0 spiro atoms. The van der Waals surface area contributed by atoms with Crippen LogP contribution in [0, 0.1) is 5.92 Å². The lowest BCUT2D eigenvalue weighted by atomic mass is 10.0. The van der Waals surface area contributed by atoms with E-state index in [-0.39, 0.29) is 17.5 Å². The van der Waals surface area contributed by atoms with Gasteiger partial charge in [0.05, 0.1) is 5.92 Å². The van der Waals surface area contributed by atoms with E-state index in [4.69, 9.17) is 5.11 Å². The maximum absolute atomic E-state index is 12.0. The highest BCUT2D eigenvalue weighted by Gasteiger charge is 2.37. The number of carbonyl (C=O) groups excluding carboxylic acids is 1. The van der Waals surface area contributed by atoms with Crippen LogP contribution in [0.2, 0.25) is 0 Å². The molecular weight excluding hydrogens is 232 g/mol. The topological polar surface area (TPSA) is 69.6 Å². The lowest BCUT2D eigenvalue weighted by molar-refractivity contribution is -0.143. The van der Waals surface area contributed by atoms with Crippen LogP contribution in [0.1, 0.15) is 40.5 Å². The molecule has 1 rings (SSSR count). The van der Waals surface area contributed by atoms with E-state index >= 15 is 0 Å². The molecule has 0 saturated carbocycles. The van der Waals surface area contributed by atoms with Crippen molar-refractivity contribution in [2.24, 2.45) is 5.92 Å². The quantitative estimate of drug-likeness (QED) is 0.790. The number of amides is 1. The summed E-state index contributed by atoms with van der Waals surface area (Å²) in [7, 11) is 0. The largest absolute Gasteiger partial charge is 0.481 e. The van der Waals surface area contributed by atoms with Gasteiger partial charge in [0.25, 0.3) is 0 Å². The Balaban J connectivity index is 2.42. The van der Waals surface area contributed by atoms with Crippen LogP contribution in [0.3, 0.4) is 0 Å². The minimum Gasteiger partial charge on any atom is -0.481 e. The van der Waals surface area contributed by atoms with Crippen molar-refractivity contribution in [2.75, 3.05) is 13.1 Å². The highest BCUT2D eigenvalue weighted by Crippen LogP contribution is 2.24. The monoisotopic (exact) mass is 256 g/mol. The number of carbonyl (C=O) groups is 2. The normalized spacial score (nSPS) is 24.3. The van der Waals surface area contributed by atoms with Gasteiger partial charge in [0.2, 0.25) is 5.91 Å². The van der Waals surface area contributed by atoms with E-state index in [1.54, 1.807) is 4.90 Å². The molecule has 104 valence electrons. The van der Waals surface area contributed by atoms with Crippen LogP contribution in [0.5, 0.6) is 0 Å². The molecule has 2 unspecified atom stereocenters. The minimum absolute atomic E-state index is 0.000501. The second-order valence-corrected chi connectivity index (χ2v) is 5.99. The number of rotatable bonds is 4. The van der Waals surface area contributed by atoms with E-state index < -0.39 is 11.9 Å². The van der Waals surface area contributed by atoms with Crippen LogP contribution in [0.25, 0.3) is 0 Å². The zero-order valence-electron chi connectivity index (χ0n) is 11.7. The van der Waals surface area contributed by atoms with Crippen molar-refractivity contribution < 1.29 is 14.7 Å². The van der Waals surface area contributed by atoms with E-state index in [0.717, 1.165) is 0 Å². The molecule has 1 aliphatic heterocycles. The summed E-state index contributed by atoms with van der Waals surface area (Å²) in [6.07, 6.45) is 0.989. The Hall–Kier alpha value is -1.10. The average molecular weight is 256 g/mol. The molecule has 0 bridgehead atoms. The van der Waals surface area contributed by atoms with Crippen molar-refractivity contribution in [3.8, 4) is 0 Å². The van der Waals surface area contributed by atoms with Gasteiger partial charge < -0.3 is 15.3 Å². The third-order valence-corrected chi connectivity index (χ3v) is 3.39. The van der Waals surface area contributed by atoms with Gasteiger partial charge in [0.1, 0.15) is 0 Å². The van der Waals surface area contributed by atoms with Gasteiger partial charge in [-0.2, -0.15) is 0 Å². The van der Waals surface area contributed by atoms with Crippen molar-refractivity contribution in [1.82, 2.24) is 10.2 Å². The molecule has 1 amide bonds. The summed E-state index contributed by atoms with van der Waals surface area (Å²) in [5.41, 5.74) is 0.000501. The Morgan fingerprint density at radius 2 is 2.00 bits per heavy atom. The van der Waals surface area contributed by atoms with Crippen LogP contribution in [0.4, 0.5) is 0 Å². The number of hydrogen-bond acceptors (Lipinski definition) is 3. The number of likely N-dealkylation sites (tertiary alicyclic amines) is 1. The molecule has 1 aliphatic rings. The molecule has 0 aromatic heterocycles. The molecule has 5 nitrogen and oxygen atoms in total. The lowest BCUT2D eigenvalue weighted by Crippen LogP contribution is -2.41. The van der Waals surface area contributed by atoms with Crippen LogP contribution >= 0.6 is 0 Å². The van der Waals surface area contributed by atoms with Gasteiger partial charge >= 0.3 is 5.97 Å². The first-order chi connectivity index (χ1) is 8.22. The third kappa shape index (κ3) is 3.98. The molecule has 5 heteroatoms. The highest BCUT2D eigenvalue weighted by atomic mass is 16.4. The number of nitrogens with one attached hydrogen (secondary N) is 1. The summed E-state index contributed by atoms with van der Waals surface area (Å²) < 4.78 is 0. The maximum Gasteiger partial charge on any atom is 0.308 e. The Bertz CT molecular complexity index is 323. The fourth-order valence-electron chi connectivity index (χ4n) is 2.31. The van der Waals surface area contributed by atoms with E-state index in [9.17, 15) is 9.59 Å². The molecular formula is C13H24N2O3. The van der Waals surface area contributed by atoms with E-state index in [0.29, 0.717) is 25.9 Å². The molecule has 18 heavy (non-hydrogen) atoms. The van der Waals surface area contributed by atoms with Crippen molar-refractivity contribution in [3.05, 3.63) is 0 Å². The molecule has 2 atom stereocenters. The van der Waals surface area contributed by atoms with E-state index in [1.807, 2.05) is 6.92 Å². The summed E-state index contributed by atoms with van der Waals surface area (Å²) >= 11 is 0. The fourth-order valence-corrected chi connectivity index (χ4v) is 2.31. The number of nitrogens with zero attached hydrogens (tertiary/aromatic N) is 1. The first-order valence-electron chi connectivity index (χ1n) is 6.49. The summed E-state index contributed by atoms with van der Waals surface area (Å²) in [6, 6.07) is -0.190. The number of carboxylic acid groups (broad SMARTS) is 1. The molecule has 0 radical (unpaired) electrons. The zero-order chi connectivity index (χ0) is 13.9. The predicted octanol–water partition coefficient (Wildman–Crippen LogP) is 1.09. The summed E-state index contributed by atoms with van der Waals surface area (Å²) in [4.78, 5) is 24.7. The second-order valence-electron chi connectivity index (χ2n) is 5.99. The Morgan fingerprint density at radius 3 is 2.44 bits per heavy atom. The average Bonchev–Trinajstić information content (AvgIpc) is 2.57. The molecule has 1 saturated heterocycles. The second kappa shape index (κ2) is 5.69. The molecule has 0 aromatic carbocycles. The summed E-state index contributed by atoms with van der Waals surface area (Å²) in [6.45, 7) is 9.17. The standard InChI is InChI=1S/C13H24N2O3/c1-9-10(12(17)18)6-8-15(9)11(16)5-7-14-13(2,3)4/h9-10,14H,5-8H2,1-4H3,(H,17,18). The molecule has 0 aromatic rings. The fraction of sp³-hybridized carbons (Fsp3) is 0.846. The Morgan fingerprint density at radius 1 is 1.39 bits per heavy atom. The van der Waals surface area contributed by atoms with Crippen molar-refractivity contribution in [2.45, 2.75) is 52.1 Å². The third-order valence-electron chi connectivity index (χ3n) is 3.39. The van der Waals surface area contributed by atoms with Gasteiger partial charge in [-0.1, -0.05) is 0 Å².